The zero-order valence-electron chi connectivity index (χ0n) is 17.0. The summed E-state index contributed by atoms with van der Waals surface area (Å²) >= 11 is 0. The number of hydrogen-bond donors (Lipinski definition) is 1. The van der Waals surface area contributed by atoms with Crippen LogP contribution >= 0.6 is 0 Å². The van der Waals surface area contributed by atoms with Crippen molar-refractivity contribution < 1.29 is 18.8 Å². The van der Waals surface area contributed by atoms with E-state index in [4.69, 9.17) is 14.9 Å². The fourth-order valence-electron chi connectivity index (χ4n) is 3.07. The van der Waals surface area contributed by atoms with Crippen molar-refractivity contribution in [2.24, 2.45) is 22.5 Å². The lowest BCUT2D eigenvalue weighted by Gasteiger charge is -2.36. The highest BCUT2D eigenvalue weighted by Crippen LogP contribution is 2.69. The molecule has 0 aromatic heterocycles. The Balaban J connectivity index is 3.04. The van der Waals surface area contributed by atoms with Crippen LogP contribution in [0.5, 0.6) is 0 Å². The quantitative estimate of drug-likeness (QED) is 0.464. The zero-order valence-corrected chi connectivity index (χ0v) is 18.0. The molecule has 0 heterocycles. The summed E-state index contributed by atoms with van der Waals surface area (Å²) in [4.78, 5) is 25.0. The third-order valence-corrected chi connectivity index (χ3v) is 10.4. The second-order valence-electron chi connectivity index (χ2n) is 10.0. The second kappa shape index (κ2) is 5.83. The third kappa shape index (κ3) is 3.40. The predicted octanol–water partition coefficient (Wildman–Crippen LogP) is 3.48. The van der Waals surface area contributed by atoms with Crippen LogP contribution in [0.1, 0.15) is 55.4 Å². The largest absolute Gasteiger partial charge is 0.459 e. The number of hydrogen-bond acceptors (Lipinski definition) is 4. The summed E-state index contributed by atoms with van der Waals surface area (Å²) in [6.45, 7) is 20.3. The Bertz CT molecular complexity index is 528. The molecule has 5 nitrogen and oxygen atoms in total. The van der Waals surface area contributed by atoms with Gasteiger partial charge in [-0.1, -0.05) is 34.6 Å². The van der Waals surface area contributed by atoms with Gasteiger partial charge in [0, 0.05) is 12.5 Å². The van der Waals surface area contributed by atoms with E-state index in [0.717, 1.165) is 0 Å². The van der Waals surface area contributed by atoms with Crippen LogP contribution in [-0.2, 0) is 18.8 Å². The molecule has 0 aromatic carbocycles. The predicted molar refractivity (Wildman–Crippen MR) is 97.9 cm³/mol. The molecule has 1 amide bonds. The van der Waals surface area contributed by atoms with Crippen molar-refractivity contribution in [2.45, 2.75) is 79.1 Å². The highest BCUT2D eigenvalue weighted by atomic mass is 28.4. The van der Waals surface area contributed by atoms with Gasteiger partial charge in [0.15, 0.2) is 13.7 Å². The van der Waals surface area contributed by atoms with E-state index >= 15 is 0 Å². The monoisotopic (exact) mass is 357 g/mol. The number of esters is 1. The van der Waals surface area contributed by atoms with E-state index in [0.29, 0.717) is 6.61 Å². The molecule has 24 heavy (non-hydrogen) atoms. The maximum atomic E-state index is 12.8. The molecule has 2 unspecified atom stereocenters. The van der Waals surface area contributed by atoms with E-state index in [-0.39, 0.29) is 11.0 Å². The minimum absolute atomic E-state index is 0.0628. The summed E-state index contributed by atoms with van der Waals surface area (Å²) in [6, 6.07) is 0. The molecule has 0 radical (unpaired) electrons. The lowest BCUT2D eigenvalue weighted by atomic mass is 9.95. The van der Waals surface area contributed by atoms with Crippen molar-refractivity contribution in [2.75, 3.05) is 6.61 Å². The second-order valence-corrected chi connectivity index (χ2v) is 14.8. The van der Waals surface area contributed by atoms with Gasteiger partial charge in [0.25, 0.3) is 0 Å². The summed E-state index contributed by atoms with van der Waals surface area (Å²) < 4.78 is 11.8. The van der Waals surface area contributed by atoms with E-state index in [1.807, 2.05) is 13.8 Å². The first-order valence-corrected chi connectivity index (χ1v) is 11.5. The van der Waals surface area contributed by atoms with Gasteiger partial charge >= 0.3 is 5.97 Å². The minimum Gasteiger partial charge on any atom is -0.459 e. The number of rotatable bonds is 5. The fourth-order valence-corrected chi connectivity index (χ4v) is 4.08. The van der Waals surface area contributed by atoms with Crippen LogP contribution in [0.25, 0.3) is 0 Å². The van der Waals surface area contributed by atoms with Crippen LogP contribution < -0.4 is 5.73 Å². The van der Waals surface area contributed by atoms with Gasteiger partial charge in [-0.2, -0.15) is 0 Å². The van der Waals surface area contributed by atoms with Crippen molar-refractivity contribution in [3.05, 3.63) is 0 Å². The normalized spacial score (nSPS) is 26.8. The molecule has 0 bridgehead atoms. The molecule has 1 fully saturated rings. The molecule has 0 aromatic rings. The SMILES string of the molecule is CC(C)(C)OC(=O)C1(C(N)=O)C(CO[Si](C)(C)C(C)(C)C)C1(C)C. The van der Waals surface area contributed by atoms with Crippen molar-refractivity contribution >= 4 is 20.2 Å². The maximum Gasteiger partial charge on any atom is 0.323 e. The first kappa shape index (κ1) is 21.2. The number of amides is 1. The average Bonchev–Trinajstić information content (AvgIpc) is 2.80. The van der Waals surface area contributed by atoms with Crippen LogP contribution in [0.15, 0.2) is 0 Å². The first-order chi connectivity index (χ1) is 10.4. The van der Waals surface area contributed by atoms with Gasteiger partial charge in [-0.15, -0.1) is 0 Å². The van der Waals surface area contributed by atoms with E-state index in [1.54, 1.807) is 20.8 Å². The molecule has 1 aliphatic carbocycles. The van der Waals surface area contributed by atoms with Gasteiger partial charge < -0.3 is 14.9 Å². The standard InChI is InChI=1S/C18H35NO4Si/c1-15(2,3)23-14(21)18(13(19)20)12(17(18,7)8)11-22-24(9,10)16(4,5)6/h12H,11H2,1-10H3,(H2,19,20). The summed E-state index contributed by atoms with van der Waals surface area (Å²) in [7, 11) is -1.97. The van der Waals surface area contributed by atoms with E-state index < -0.39 is 36.6 Å². The van der Waals surface area contributed by atoms with Gasteiger partial charge in [-0.25, -0.2) is 0 Å². The summed E-state index contributed by atoms with van der Waals surface area (Å²) in [5, 5.41) is 0.0628. The van der Waals surface area contributed by atoms with Crippen molar-refractivity contribution in [3.63, 3.8) is 0 Å². The topological polar surface area (TPSA) is 78.6 Å². The minimum atomic E-state index is -1.97. The van der Waals surface area contributed by atoms with Gasteiger partial charge in [-0.05, 0) is 44.3 Å². The number of primary amides is 1. The summed E-state index contributed by atoms with van der Waals surface area (Å²) in [5.74, 6) is -1.41. The molecule has 140 valence electrons. The molecule has 1 saturated carbocycles. The molecule has 0 aliphatic heterocycles. The average molecular weight is 358 g/mol. The van der Waals surface area contributed by atoms with Crippen LogP contribution in [0.3, 0.4) is 0 Å². The summed E-state index contributed by atoms with van der Waals surface area (Å²) in [6.07, 6.45) is 0. The molecule has 1 aliphatic rings. The number of ether oxygens (including phenoxy) is 1. The molecule has 1 rings (SSSR count). The lowest BCUT2D eigenvalue weighted by Crippen LogP contribution is -2.43. The zero-order chi connectivity index (χ0) is 19.4. The van der Waals surface area contributed by atoms with Crippen LogP contribution in [0.4, 0.5) is 0 Å². The number of carbonyl (C=O) groups excluding carboxylic acids is 2. The number of nitrogens with two attached hydrogens (primary N) is 1. The molecular formula is C18H35NO4Si. The molecular weight excluding hydrogens is 322 g/mol. The highest BCUT2D eigenvalue weighted by Gasteiger charge is 2.80. The first-order valence-electron chi connectivity index (χ1n) is 8.58. The van der Waals surface area contributed by atoms with E-state index in [9.17, 15) is 9.59 Å². The molecule has 6 heteroatoms. The van der Waals surface area contributed by atoms with Gasteiger partial charge in [-0.3, -0.25) is 9.59 Å². The molecule has 2 atom stereocenters. The van der Waals surface area contributed by atoms with Gasteiger partial charge in [0.05, 0.1) is 0 Å². The molecule has 0 saturated heterocycles. The molecule has 0 spiro atoms. The van der Waals surface area contributed by atoms with E-state index in [2.05, 4.69) is 33.9 Å². The number of carbonyl (C=O) groups is 2. The Hall–Kier alpha value is -0.883. The summed E-state index contributed by atoms with van der Waals surface area (Å²) in [5.41, 5.74) is 3.13. The van der Waals surface area contributed by atoms with Crippen molar-refractivity contribution in [1.82, 2.24) is 0 Å². The van der Waals surface area contributed by atoms with Crippen molar-refractivity contribution in [3.8, 4) is 0 Å². The van der Waals surface area contributed by atoms with Gasteiger partial charge in [0.1, 0.15) is 5.60 Å². The maximum absolute atomic E-state index is 12.8. The Morgan fingerprint density at radius 2 is 1.54 bits per heavy atom. The van der Waals surface area contributed by atoms with Crippen LogP contribution in [-0.4, -0.2) is 32.4 Å². The Labute approximate surface area is 147 Å². The fraction of sp³-hybridized carbons (Fsp3) is 0.889. The smallest absolute Gasteiger partial charge is 0.323 e. The van der Waals surface area contributed by atoms with Crippen molar-refractivity contribution in [1.29, 1.82) is 0 Å². The Morgan fingerprint density at radius 1 is 1.08 bits per heavy atom. The molecule has 2 N–H and O–H groups in total. The third-order valence-electron chi connectivity index (χ3n) is 5.85. The van der Waals surface area contributed by atoms with Crippen LogP contribution in [0.2, 0.25) is 18.1 Å². The van der Waals surface area contributed by atoms with E-state index in [1.165, 1.54) is 0 Å². The van der Waals surface area contributed by atoms with Gasteiger partial charge in [0.2, 0.25) is 5.91 Å². The lowest BCUT2D eigenvalue weighted by molar-refractivity contribution is -0.166. The van der Waals surface area contributed by atoms with Crippen LogP contribution in [0, 0.1) is 16.7 Å². The Morgan fingerprint density at radius 3 is 1.88 bits per heavy atom. The highest BCUT2D eigenvalue weighted by molar-refractivity contribution is 6.74. The Kier molecular flexibility index (Phi) is 5.14.